The molecule has 2 aromatic rings. The predicted molar refractivity (Wildman–Crippen MR) is 69.2 cm³/mol. The van der Waals surface area contributed by atoms with Crippen LogP contribution < -0.4 is 0 Å². The highest BCUT2D eigenvalue weighted by Gasteiger charge is 2.23. The number of rotatable bonds is 4. The van der Waals surface area contributed by atoms with Crippen molar-refractivity contribution in [2.45, 2.75) is 12.8 Å². The van der Waals surface area contributed by atoms with Gasteiger partial charge in [0.2, 0.25) is 18.2 Å². The third kappa shape index (κ3) is 2.65. The Morgan fingerprint density at radius 2 is 2.16 bits per heavy atom. The van der Waals surface area contributed by atoms with Crippen LogP contribution in [0.3, 0.4) is 0 Å². The minimum absolute atomic E-state index is 0.425. The van der Waals surface area contributed by atoms with Crippen molar-refractivity contribution in [1.82, 2.24) is 15.1 Å². The summed E-state index contributed by atoms with van der Waals surface area (Å²) in [5.74, 6) is 1.63. The van der Waals surface area contributed by atoms with Gasteiger partial charge in [-0.25, -0.2) is 0 Å². The van der Waals surface area contributed by atoms with Crippen LogP contribution in [0.4, 0.5) is 0 Å². The Bertz CT molecular complexity index is 553. The summed E-state index contributed by atoms with van der Waals surface area (Å²) in [5.41, 5.74) is 0.933. The number of aromatic nitrogens is 2. The van der Waals surface area contributed by atoms with Crippen molar-refractivity contribution in [3.63, 3.8) is 0 Å². The van der Waals surface area contributed by atoms with Crippen LogP contribution in [0.25, 0.3) is 11.5 Å². The normalized spacial score (nSPS) is 18.7. The van der Waals surface area contributed by atoms with Crippen molar-refractivity contribution in [3.05, 3.63) is 36.2 Å². The summed E-state index contributed by atoms with van der Waals surface area (Å²) < 4.78 is 5.67. The first-order chi connectivity index (χ1) is 9.35. The lowest BCUT2D eigenvalue weighted by Crippen LogP contribution is -2.18. The molecular formula is C14H15N3O2. The number of nitrogens with zero attached hydrogens (tertiary/aromatic N) is 3. The lowest BCUT2D eigenvalue weighted by Gasteiger charge is -2.07. The Balaban J connectivity index is 1.67. The standard InChI is InChI=1S/C14H15N3O2/c18-10-17-7-6-11(9-17)8-13-15-16-14(19-13)12-4-2-1-3-5-12/h1-5,10-11H,6-9H2. The maximum absolute atomic E-state index is 10.7. The molecule has 0 spiro atoms. The second-order valence-corrected chi connectivity index (χ2v) is 4.83. The molecule has 1 aromatic heterocycles. The van der Waals surface area contributed by atoms with E-state index in [4.69, 9.17) is 4.42 Å². The van der Waals surface area contributed by atoms with Gasteiger partial charge in [-0.05, 0) is 24.5 Å². The zero-order valence-corrected chi connectivity index (χ0v) is 10.5. The minimum Gasteiger partial charge on any atom is -0.421 e. The monoisotopic (exact) mass is 257 g/mol. The molecule has 1 saturated heterocycles. The van der Waals surface area contributed by atoms with Gasteiger partial charge in [-0.15, -0.1) is 10.2 Å². The molecule has 0 N–H and O–H groups in total. The number of likely N-dealkylation sites (tertiary alicyclic amines) is 1. The second-order valence-electron chi connectivity index (χ2n) is 4.83. The van der Waals surface area contributed by atoms with Gasteiger partial charge in [-0.3, -0.25) is 4.79 Å². The summed E-state index contributed by atoms with van der Waals surface area (Å²) >= 11 is 0. The highest BCUT2D eigenvalue weighted by Crippen LogP contribution is 2.22. The zero-order chi connectivity index (χ0) is 13.1. The molecule has 1 amide bonds. The molecule has 1 unspecified atom stereocenters. The van der Waals surface area contributed by atoms with E-state index in [1.807, 2.05) is 30.3 Å². The fraction of sp³-hybridized carbons (Fsp3) is 0.357. The Kier molecular flexibility index (Phi) is 3.27. The Hall–Kier alpha value is -2.17. The zero-order valence-electron chi connectivity index (χ0n) is 10.5. The van der Waals surface area contributed by atoms with E-state index in [2.05, 4.69) is 10.2 Å². The van der Waals surface area contributed by atoms with Crippen LogP contribution in [0.1, 0.15) is 12.3 Å². The average Bonchev–Trinajstić information content (AvgIpc) is 3.09. The Labute approximate surface area is 111 Å². The molecule has 0 bridgehead atoms. The van der Waals surface area contributed by atoms with Crippen molar-refractivity contribution in [2.24, 2.45) is 5.92 Å². The first kappa shape index (κ1) is 11.9. The summed E-state index contributed by atoms with van der Waals surface area (Å²) in [5, 5.41) is 8.15. The van der Waals surface area contributed by atoms with Crippen molar-refractivity contribution in [2.75, 3.05) is 13.1 Å². The van der Waals surface area contributed by atoms with E-state index < -0.39 is 0 Å². The summed E-state index contributed by atoms with van der Waals surface area (Å²) in [4.78, 5) is 12.5. The predicted octanol–water partition coefficient (Wildman–Crippen LogP) is 1.76. The summed E-state index contributed by atoms with van der Waals surface area (Å²) in [6, 6.07) is 9.73. The van der Waals surface area contributed by atoms with Crippen molar-refractivity contribution in [3.8, 4) is 11.5 Å². The van der Waals surface area contributed by atoms with Crippen LogP contribution in [-0.4, -0.2) is 34.6 Å². The minimum atomic E-state index is 0.425. The van der Waals surface area contributed by atoms with Gasteiger partial charge in [0.1, 0.15) is 0 Å². The van der Waals surface area contributed by atoms with Crippen LogP contribution >= 0.6 is 0 Å². The van der Waals surface area contributed by atoms with Gasteiger partial charge in [0, 0.05) is 25.1 Å². The number of hydrogen-bond donors (Lipinski definition) is 0. The van der Waals surface area contributed by atoms with Gasteiger partial charge in [-0.2, -0.15) is 0 Å². The molecule has 0 radical (unpaired) electrons. The van der Waals surface area contributed by atoms with Crippen LogP contribution in [0.5, 0.6) is 0 Å². The summed E-state index contributed by atoms with van der Waals surface area (Å²) in [6.45, 7) is 1.61. The van der Waals surface area contributed by atoms with Crippen LogP contribution in [0, 0.1) is 5.92 Å². The lowest BCUT2D eigenvalue weighted by atomic mass is 10.1. The smallest absolute Gasteiger partial charge is 0.247 e. The summed E-state index contributed by atoms with van der Waals surface area (Å²) in [6.07, 6.45) is 2.65. The molecule has 2 heterocycles. The highest BCUT2D eigenvalue weighted by molar-refractivity contribution is 5.51. The van der Waals surface area contributed by atoms with E-state index in [0.29, 0.717) is 17.7 Å². The van der Waals surface area contributed by atoms with Crippen LogP contribution in [-0.2, 0) is 11.2 Å². The number of carbonyl (C=O) groups is 1. The molecule has 1 aliphatic rings. The molecule has 5 heteroatoms. The average molecular weight is 257 g/mol. The fourth-order valence-corrected chi connectivity index (χ4v) is 2.41. The van der Waals surface area contributed by atoms with E-state index in [1.54, 1.807) is 4.90 Å². The molecule has 19 heavy (non-hydrogen) atoms. The molecule has 1 atom stereocenters. The van der Waals surface area contributed by atoms with E-state index >= 15 is 0 Å². The van der Waals surface area contributed by atoms with Gasteiger partial charge >= 0.3 is 0 Å². The molecule has 0 saturated carbocycles. The SMILES string of the molecule is O=CN1CCC(Cc2nnc(-c3ccccc3)o2)C1. The molecule has 1 fully saturated rings. The molecule has 98 valence electrons. The Morgan fingerprint density at radius 1 is 1.32 bits per heavy atom. The second kappa shape index (κ2) is 5.22. The van der Waals surface area contributed by atoms with Crippen molar-refractivity contribution < 1.29 is 9.21 Å². The largest absolute Gasteiger partial charge is 0.421 e. The first-order valence-electron chi connectivity index (χ1n) is 6.42. The van der Waals surface area contributed by atoms with Gasteiger partial charge < -0.3 is 9.32 Å². The third-order valence-electron chi connectivity index (χ3n) is 3.42. The number of benzene rings is 1. The quantitative estimate of drug-likeness (QED) is 0.783. The van der Waals surface area contributed by atoms with Crippen LogP contribution in [0.2, 0.25) is 0 Å². The molecule has 3 rings (SSSR count). The van der Waals surface area contributed by atoms with E-state index in [0.717, 1.165) is 37.9 Å². The van der Waals surface area contributed by atoms with Crippen LogP contribution in [0.15, 0.2) is 34.7 Å². The lowest BCUT2D eigenvalue weighted by molar-refractivity contribution is -0.117. The number of hydrogen-bond acceptors (Lipinski definition) is 4. The first-order valence-corrected chi connectivity index (χ1v) is 6.42. The number of carbonyl (C=O) groups excluding carboxylic acids is 1. The molecule has 5 nitrogen and oxygen atoms in total. The molecule has 1 aliphatic heterocycles. The maximum atomic E-state index is 10.7. The van der Waals surface area contributed by atoms with E-state index in [1.165, 1.54) is 0 Å². The van der Waals surface area contributed by atoms with E-state index in [9.17, 15) is 4.79 Å². The fourth-order valence-electron chi connectivity index (χ4n) is 2.41. The van der Waals surface area contributed by atoms with E-state index in [-0.39, 0.29) is 0 Å². The number of amides is 1. The maximum Gasteiger partial charge on any atom is 0.247 e. The topological polar surface area (TPSA) is 59.2 Å². The van der Waals surface area contributed by atoms with Gasteiger partial charge in [-0.1, -0.05) is 18.2 Å². The van der Waals surface area contributed by atoms with Gasteiger partial charge in [0.15, 0.2) is 0 Å². The van der Waals surface area contributed by atoms with Gasteiger partial charge in [0.25, 0.3) is 0 Å². The van der Waals surface area contributed by atoms with Crippen molar-refractivity contribution >= 4 is 6.41 Å². The van der Waals surface area contributed by atoms with Crippen molar-refractivity contribution in [1.29, 1.82) is 0 Å². The third-order valence-corrected chi connectivity index (χ3v) is 3.42. The Morgan fingerprint density at radius 3 is 2.89 bits per heavy atom. The highest BCUT2D eigenvalue weighted by atomic mass is 16.4. The molecular weight excluding hydrogens is 242 g/mol. The van der Waals surface area contributed by atoms with Gasteiger partial charge in [0.05, 0.1) is 0 Å². The summed E-state index contributed by atoms with van der Waals surface area (Å²) in [7, 11) is 0. The molecule has 1 aromatic carbocycles. The molecule has 0 aliphatic carbocycles.